The number of carbonyl (C=O) groups is 1. The van der Waals surface area contributed by atoms with Gasteiger partial charge in [0.2, 0.25) is 0 Å². The Balaban J connectivity index is 1.60. The van der Waals surface area contributed by atoms with Crippen LogP contribution in [0.1, 0.15) is 22.7 Å². The number of nitrogens with zero attached hydrogens (tertiary/aromatic N) is 3. The van der Waals surface area contributed by atoms with Crippen LogP contribution in [0.25, 0.3) is 21.1 Å². The molecule has 0 radical (unpaired) electrons. The third kappa shape index (κ3) is 2.73. The predicted molar refractivity (Wildman–Crippen MR) is 105 cm³/mol. The fourth-order valence-electron chi connectivity index (χ4n) is 3.74. The number of benzene rings is 1. The number of aryl methyl sites for hydroxylation is 2. The lowest BCUT2D eigenvalue weighted by atomic mass is 9.88. The molecule has 0 spiro atoms. The lowest BCUT2D eigenvalue weighted by molar-refractivity contribution is -0.142. The molecule has 0 fully saturated rings. The molecule has 3 heterocycles. The van der Waals surface area contributed by atoms with Crippen LogP contribution in [0, 0.1) is 12.8 Å². The Morgan fingerprint density at radius 2 is 2.26 bits per heavy atom. The molecule has 1 atom stereocenters. The summed E-state index contributed by atoms with van der Waals surface area (Å²) in [4.78, 5) is 22.7. The number of carboxylic acids is 1. The number of aliphatic carboxylic acids is 1. The van der Waals surface area contributed by atoms with Gasteiger partial charge in [-0.05, 0) is 49.9 Å². The summed E-state index contributed by atoms with van der Waals surface area (Å²) in [5, 5.41) is 21.9. The minimum Gasteiger partial charge on any atom is -0.481 e. The second kappa shape index (κ2) is 6.02. The molecule has 1 aromatic carbocycles. The van der Waals surface area contributed by atoms with Gasteiger partial charge in [-0.2, -0.15) is 5.10 Å². The summed E-state index contributed by atoms with van der Waals surface area (Å²) in [6.07, 6.45) is 3.77. The molecule has 5 rings (SSSR count). The molecule has 8 heteroatoms. The molecule has 1 aliphatic carbocycles. The van der Waals surface area contributed by atoms with Gasteiger partial charge in [-0.25, -0.2) is 9.97 Å². The van der Waals surface area contributed by atoms with E-state index in [-0.39, 0.29) is 5.92 Å². The molecule has 0 aliphatic heterocycles. The van der Waals surface area contributed by atoms with Gasteiger partial charge in [0.15, 0.2) is 0 Å². The molecule has 0 saturated carbocycles. The average Bonchev–Trinajstić information content (AvgIpc) is 3.23. The maximum atomic E-state index is 11.4. The van der Waals surface area contributed by atoms with Crippen LogP contribution in [0.3, 0.4) is 0 Å². The molecule has 7 nitrogen and oxygen atoms in total. The Bertz CT molecular complexity index is 1200. The molecular formula is C19H17N5O2S. The maximum absolute atomic E-state index is 11.4. The normalized spacial score (nSPS) is 16.6. The molecule has 1 aliphatic rings. The minimum absolute atomic E-state index is 0.306. The standard InChI is InChI=1S/C19H17N5O2S/c1-9-21-17(23-12-3-5-14-11(6-12)8-20-24-14)16-13-4-2-10(19(25)26)7-15(13)27-18(16)22-9/h3,5-6,8,10H,2,4,7H2,1H3,(H,20,24)(H,25,26)(H,21,22,23). The van der Waals surface area contributed by atoms with Crippen LogP contribution in [0.5, 0.6) is 0 Å². The van der Waals surface area contributed by atoms with Gasteiger partial charge < -0.3 is 10.4 Å². The van der Waals surface area contributed by atoms with Gasteiger partial charge >= 0.3 is 5.97 Å². The van der Waals surface area contributed by atoms with Crippen molar-refractivity contribution in [3.05, 3.63) is 40.7 Å². The van der Waals surface area contributed by atoms with Crippen LogP contribution >= 0.6 is 11.3 Å². The molecule has 1 unspecified atom stereocenters. The first-order valence-corrected chi connectivity index (χ1v) is 9.62. The lowest BCUT2D eigenvalue weighted by Gasteiger charge is -2.18. The largest absolute Gasteiger partial charge is 0.481 e. The number of hydrogen-bond donors (Lipinski definition) is 3. The Hall–Kier alpha value is -3.00. The van der Waals surface area contributed by atoms with Crippen molar-refractivity contribution in [3.8, 4) is 0 Å². The molecule has 0 saturated heterocycles. The van der Waals surface area contributed by atoms with E-state index in [4.69, 9.17) is 0 Å². The number of aromatic nitrogens is 4. The van der Waals surface area contributed by atoms with Crippen molar-refractivity contribution in [1.29, 1.82) is 0 Å². The highest BCUT2D eigenvalue weighted by molar-refractivity contribution is 7.19. The van der Waals surface area contributed by atoms with Gasteiger partial charge in [0.05, 0.1) is 23.0 Å². The van der Waals surface area contributed by atoms with Gasteiger partial charge in [-0.3, -0.25) is 9.89 Å². The molecule has 0 amide bonds. The number of hydrogen-bond acceptors (Lipinski definition) is 6. The van der Waals surface area contributed by atoms with Crippen molar-refractivity contribution < 1.29 is 9.90 Å². The average molecular weight is 379 g/mol. The zero-order valence-electron chi connectivity index (χ0n) is 14.6. The Morgan fingerprint density at radius 1 is 1.37 bits per heavy atom. The quantitative estimate of drug-likeness (QED) is 0.500. The van der Waals surface area contributed by atoms with Crippen LogP contribution in [0.4, 0.5) is 11.5 Å². The van der Waals surface area contributed by atoms with Crippen molar-refractivity contribution in [1.82, 2.24) is 20.2 Å². The third-order valence-electron chi connectivity index (χ3n) is 5.07. The van der Waals surface area contributed by atoms with Crippen LogP contribution < -0.4 is 5.32 Å². The lowest BCUT2D eigenvalue weighted by Crippen LogP contribution is -2.21. The molecule has 27 heavy (non-hydrogen) atoms. The van der Waals surface area contributed by atoms with Crippen LogP contribution in [-0.4, -0.2) is 31.2 Å². The Morgan fingerprint density at radius 3 is 3.11 bits per heavy atom. The van der Waals surface area contributed by atoms with Crippen LogP contribution in [0.15, 0.2) is 24.4 Å². The minimum atomic E-state index is -0.716. The second-order valence-electron chi connectivity index (χ2n) is 6.88. The predicted octanol–water partition coefficient (Wildman–Crippen LogP) is 3.81. The number of rotatable bonds is 3. The van der Waals surface area contributed by atoms with Crippen LogP contribution in [0.2, 0.25) is 0 Å². The molecule has 3 aromatic heterocycles. The third-order valence-corrected chi connectivity index (χ3v) is 6.22. The summed E-state index contributed by atoms with van der Waals surface area (Å²) < 4.78 is 0. The monoisotopic (exact) mass is 379 g/mol. The highest BCUT2D eigenvalue weighted by Gasteiger charge is 2.29. The number of aromatic amines is 1. The van der Waals surface area contributed by atoms with Gasteiger partial charge in [-0.15, -0.1) is 11.3 Å². The summed E-state index contributed by atoms with van der Waals surface area (Å²) in [5.41, 5.74) is 3.11. The van der Waals surface area contributed by atoms with E-state index in [9.17, 15) is 9.90 Å². The van der Waals surface area contributed by atoms with E-state index in [2.05, 4.69) is 25.5 Å². The van der Waals surface area contributed by atoms with Crippen molar-refractivity contribution in [2.45, 2.75) is 26.2 Å². The zero-order chi connectivity index (χ0) is 18.5. The van der Waals surface area contributed by atoms with E-state index < -0.39 is 5.97 Å². The second-order valence-corrected chi connectivity index (χ2v) is 7.96. The molecular weight excluding hydrogens is 362 g/mol. The van der Waals surface area contributed by atoms with E-state index in [1.54, 1.807) is 17.5 Å². The van der Waals surface area contributed by atoms with E-state index >= 15 is 0 Å². The van der Waals surface area contributed by atoms with Crippen LogP contribution in [-0.2, 0) is 17.6 Å². The SMILES string of the molecule is Cc1nc(Nc2ccc3[nH]ncc3c2)c2c3c(sc2n1)CC(C(=O)O)CC3. The number of thiophene rings is 1. The fourth-order valence-corrected chi connectivity index (χ4v) is 5.09. The topological polar surface area (TPSA) is 104 Å². The first-order valence-electron chi connectivity index (χ1n) is 8.80. The zero-order valence-corrected chi connectivity index (χ0v) is 15.4. The van der Waals surface area contributed by atoms with Crippen molar-refractivity contribution in [2.75, 3.05) is 5.32 Å². The van der Waals surface area contributed by atoms with E-state index in [1.165, 1.54) is 5.56 Å². The first kappa shape index (κ1) is 16.2. The summed E-state index contributed by atoms with van der Waals surface area (Å²) in [6, 6.07) is 6.00. The Kier molecular flexibility index (Phi) is 3.61. The number of fused-ring (bicyclic) bond motifs is 4. The fraction of sp³-hybridized carbons (Fsp3) is 0.263. The van der Waals surface area contributed by atoms with Gasteiger partial charge in [0, 0.05) is 16.0 Å². The first-order chi connectivity index (χ1) is 13.1. The summed E-state index contributed by atoms with van der Waals surface area (Å²) in [6.45, 7) is 1.88. The van der Waals surface area contributed by atoms with E-state index in [1.807, 2.05) is 25.1 Å². The summed E-state index contributed by atoms with van der Waals surface area (Å²) >= 11 is 1.59. The van der Waals surface area contributed by atoms with Crippen molar-refractivity contribution in [2.24, 2.45) is 5.92 Å². The highest BCUT2D eigenvalue weighted by Crippen LogP contribution is 2.40. The number of nitrogens with one attached hydrogen (secondary N) is 2. The van der Waals surface area contributed by atoms with Crippen molar-refractivity contribution in [3.63, 3.8) is 0 Å². The highest BCUT2D eigenvalue weighted by atomic mass is 32.1. The maximum Gasteiger partial charge on any atom is 0.306 e. The van der Waals surface area contributed by atoms with Crippen molar-refractivity contribution >= 4 is 49.9 Å². The smallest absolute Gasteiger partial charge is 0.306 e. The summed E-state index contributed by atoms with van der Waals surface area (Å²) in [5.74, 6) is 0.459. The van der Waals surface area contributed by atoms with Gasteiger partial charge in [0.1, 0.15) is 16.5 Å². The molecule has 4 aromatic rings. The number of H-pyrrole nitrogens is 1. The molecule has 136 valence electrons. The molecule has 0 bridgehead atoms. The van der Waals surface area contributed by atoms with Gasteiger partial charge in [-0.1, -0.05) is 0 Å². The van der Waals surface area contributed by atoms with Gasteiger partial charge in [0.25, 0.3) is 0 Å². The number of anilines is 2. The Labute approximate surface area is 158 Å². The summed E-state index contributed by atoms with van der Waals surface area (Å²) in [7, 11) is 0. The number of carboxylic acid groups (broad SMARTS) is 1. The van der Waals surface area contributed by atoms with E-state index in [0.29, 0.717) is 18.7 Å². The molecule has 3 N–H and O–H groups in total. The van der Waals surface area contributed by atoms with E-state index in [0.717, 1.165) is 43.9 Å².